The first-order valence-corrected chi connectivity index (χ1v) is 10.1. The van der Waals surface area contributed by atoms with Crippen LogP contribution in [0.25, 0.3) is 0 Å². The standard InChI is InChI=1S/C21H20ClN3OS.ClH/c1-13-19(10-14-2-6-18(22)7-3-14)27-21(24-13)25-20(26)16-4-5-17-12-23-9-8-15(17)11-16;/h2-7,11,23H,8-10,12H2,1H3,(H,24,25,26);1H. The van der Waals surface area contributed by atoms with E-state index in [-0.39, 0.29) is 18.3 Å². The van der Waals surface area contributed by atoms with Gasteiger partial charge in [-0.05, 0) is 60.8 Å². The van der Waals surface area contributed by atoms with Crippen molar-refractivity contribution in [2.24, 2.45) is 0 Å². The van der Waals surface area contributed by atoms with Crippen LogP contribution in [0.15, 0.2) is 42.5 Å². The Morgan fingerprint density at radius 1 is 1.21 bits per heavy atom. The molecule has 3 aromatic rings. The molecule has 1 aromatic heterocycles. The number of aromatic nitrogens is 1. The minimum atomic E-state index is -0.108. The summed E-state index contributed by atoms with van der Waals surface area (Å²) in [5, 5.41) is 7.67. The molecule has 0 saturated carbocycles. The Bertz CT molecular complexity index is 986. The number of nitrogens with zero attached hydrogens (tertiary/aromatic N) is 1. The molecular weight excluding hydrogens is 413 g/mol. The van der Waals surface area contributed by atoms with E-state index in [4.69, 9.17) is 11.6 Å². The lowest BCUT2D eigenvalue weighted by molar-refractivity contribution is 0.102. The Balaban J connectivity index is 0.00000225. The molecule has 1 amide bonds. The number of hydrogen-bond donors (Lipinski definition) is 2. The monoisotopic (exact) mass is 433 g/mol. The number of amides is 1. The van der Waals surface area contributed by atoms with E-state index in [2.05, 4.69) is 15.6 Å². The fourth-order valence-electron chi connectivity index (χ4n) is 3.22. The maximum absolute atomic E-state index is 12.6. The average molecular weight is 434 g/mol. The molecule has 0 fully saturated rings. The topological polar surface area (TPSA) is 54.0 Å². The number of carbonyl (C=O) groups excluding carboxylic acids is 1. The first-order chi connectivity index (χ1) is 13.1. The molecule has 0 radical (unpaired) electrons. The number of hydrogen-bond acceptors (Lipinski definition) is 4. The van der Waals surface area contributed by atoms with Crippen molar-refractivity contribution in [2.75, 3.05) is 11.9 Å². The smallest absolute Gasteiger partial charge is 0.257 e. The summed E-state index contributed by atoms with van der Waals surface area (Å²) >= 11 is 7.47. The quantitative estimate of drug-likeness (QED) is 0.607. The van der Waals surface area contributed by atoms with Crippen LogP contribution in [-0.2, 0) is 19.4 Å². The van der Waals surface area contributed by atoms with Crippen molar-refractivity contribution in [3.8, 4) is 0 Å². The number of thiazole rings is 1. The lowest BCUT2D eigenvalue weighted by atomic mass is 9.98. The van der Waals surface area contributed by atoms with E-state index in [1.807, 2.05) is 49.4 Å². The van der Waals surface area contributed by atoms with Crippen LogP contribution in [0.4, 0.5) is 5.13 Å². The number of anilines is 1. The highest BCUT2D eigenvalue weighted by atomic mass is 35.5. The Hall–Kier alpha value is -1.92. The third kappa shape index (κ3) is 4.73. The van der Waals surface area contributed by atoms with Crippen molar-refractivity contribution in [3.63, 3.8) is 0 Å². The van der Waals surface area contributed by atoms with E-state index in [9.17, 15) is 4.79 Å². The van der Waals surface area contributed by atoms with E-state index < -0.39 is 0 Å². The highest BCUT2D eigenvalue weighted by molar-refractivity contribution is 7.15. The van der Waals surface area contributed by atoms with Gasteiger partial charge in [0.1, 0.15) is 0 Å². The van der Waals surface area contributed by atoms with Gasteiger partial charge in [-0.1, -0.05) is 29.8 Å². The summed E-state index contributed by atoms with van der Waals surface area (Å²) in [4.78, 5) is 18.3. The molecule has 0 saturated heterocycles. The van der Waals surface area contributed by atoms with Gasteiger partial charge in [0.05, 0.1) is 5.69 Å². The van der Waals surface area contributed by atoms with Crippen molar-refractivity contribution >= 4 is 46.4 Å². The Morgan fingerprint density at radius 3 is 2.79 bits per heavy atom. The summed E-state index contributed by atoms with van der Waals surface area (Å²) in [5.74, 6) is -0.108. The average Bonchev–Trinajstić information content (AvgIpc) is 3.02. The van der Waals surface area contributed by atoms with E-state index >= 15 is 0 Å². The molecule has 1 aliphatic rings. The van der Waals surface area contributed by atoms with Gasteiger partial charge in [-0.2, -0.15) is 0 Å². The van der Waals surface area contributed by atoms with Crippen molar-refractivity contribution in [1.29, 1.82) is 0 Å². The Labute approximate surface area is 179 Å². The van der Waals surface area contributed by atoms with Crippen molar-refractivity contribution in [2.45, 2.75) is 26.3 Å². The minimum Gasteiger partial charge on any atom is -0.312 e. The van der Waals surface area contributed by atoms with Gasteiger partial charge >= 0.3 is 0 Å². The zero-order valence-electron chi connectivity index (χ0n) is 15.4. The molecule has 2 aromatic carbocycles. The molecule has 28 heavy (non-hydrogen) atoms. The Kier molecular flexibility index (Phi) is 6.73. The lowest BCUT2D eigenvalue weighted by Crippen LogP contribution is -2.24. The Morgan fingerprint density at radius 2 is 2.00 bits per heavy atom. The third-order valence-corrected chi connectivity index (χ3v) is 6.07. The molecule has 0 aliphatic carbocycles. The lowest BCUT2D eigenvalue weighted by Gasteiger charge is -2.17. The van der Waals surface area contributed by atoms with Crippen LogP contribution in [0.1, 0.15) is 37.6 Å². The SMILES string of the molecule is Cc1nc(NC(=O)c2ccc3c(c2)CCNC3)sc1Cc1ccc(Cl)cc1.Cl. The van der Waals surface area contributed by atoms with Gasteiger partial charge in [-0.15, -0.1) is 23.7 Å². The van der Waals surface area contributed by atoms with Crippen LogP contribution in [0, 0.1) is 6.92 Å². The fourth-order valence-corrected chi connectivity index (χ4v) is 4.34. The summed E-state index contributed by atoms with van der Waals surface area (Å²) in [6.45, 7) is 3.80. The summed E-state index contributed by atoms with van der Waals surface area (Å²) in [5.41, 5.74) is 5.32. The molecule has 1 aliphatic heterocycles. The van der Waals surface area contributed by atoms with Crippen LogP contribution in [0.5, 0.6) is 0 Å². The first-order valence-electron chi connectivity index (χ1n) is 8.93. The van der Waals surface area contributed by atoms with Gasteiger partial charge in [-0.25, -0.2) is 4.98 Å². The summed E-state index contributed by atoms with van der Waals surface area (Å²) in [6.07, 6.45) is 1.74. The third-order valence-electron chi connectivity index (χ3n) is 4.75. The molecule has 4 rings (SSSR count). The molecule has 2 N–H and O–H groups in total. The van der Waals surface area contributed by atoms with Crippen molar-refractivity contribution in [3.05, 3.63) is 80.3 Å². The van der Waals surface area contributed by atoms with Gasteiger partial charge in [0.25, 0.3) is 5.91 Å². The van der Waals surface area contributed by atoms with Gasteiger partial charge in [0.2, 0.25) is 0 Å². The zero-order valence-corrected chi connectivity index (χ0v) is 17.8. The molecule has 0 atom stereocenters. The number of benzene rings is 2. The number of aryl methyl sites for hydroxylation is 1. The van der Waals surface area contributed by atoms with Crippen LogP contribution in [0.3, 0.4) is 0 Å². The van der Waals surface area contributed by atoms with E-state index in [0.717, 1.165) is 41.5 Å². The van der Waals surface area contributed by atoms with E-state index in [0.29, 0.717) is 10.7 Å². The second-order valence-corrected chi connectivity index (χ2v) is 8.22. The predicted molar refractivity (Wildman–Crippen MR) is 118 cm³/mol. The summed E-state index contributed by atoms with van der Waals surface area (Å²) < 4.78 is 0. The molecule has 146 valence electrons. The number of rotatable bonds is 4. The fraction of sp³-hybridized carbons (Fsp3) is 0.238. The van der Waals surface area contributed by atoms with Gasteiger partial charge < -0.3 is 5.32 Å². The van der Waals surface area contributed by atoms with E-state index in [1.165, 1.54) is 28.0 Å². The second kappa shape index (κ2) is 9.05. The van der Waals surface area contributed by atoms with Gasteiger partial charge in [0.15, 0.2) is 5.13 Å². The summed E-state index contributed by atoms with van der Waals surface area (Å²) in [6, 6.07) is 13.7. The highest BCUT2D eigenvalue weighted by Crippen LogP contribution is 2.26. The second-order valence-electron chi connectivity index (χ2n) is 6.70. The van der Waals surface area contributed by atoms with Crippen LogP contribution in [0.2, 0.25) is 5.02 Å². The van der Waals surface area contributed by atoms with Crippen molar-refractivity contribution in [1.82, 2.24) is 10.3 Å². The van der Waals surface area contributed by atoms with Crippen molar-refractivity contribution < 1.29 is 4.79 Å². The largest absolute Gasteiger partial charge is 0.312 e. The normalized spacial score (nSPS) is 12.8. The molecule has 7 heteroatoms. The minimum absolute atomic E-state index is 0. The van der Waals surface area contributed by atoms with E-state index in [1.54, 1.807) is 0 Å². The first kappa shape index (κ1) is 20.8. The van der Waals surface area contributed by atoms with Crippen LogP contribution < -0.4 is 10.6 Å². The molecular formula is C21H21Cl2N3OS. The molecule has 0 spiro atoms. The maximum Gasteiger partial charge on any atom is 0.257 e. The number of carbonyl (C=O) groups is 1. The molecule has 2 heterocycles. The highest BCUT2D eigenvalue weighted by Gasteiger charge is 2.15. The number of fused-ring (bicyclic) bond motifs is 1. The number of halogens is 2. The molecule has 4 nitrogen and oxygen atoms in total. The number of nitrogens with one attached hydrogen (secondary N) is 2. The summed E-state index contributed by atoms with van der Waals surface area (Å²) in [7, 11) is 0. The van der Waals surface area contributed by atoms with Crippen LogP contribution >= 0.6 is 35.3 Å². The van der Waals surface area contributed by atoms with Crippen LogP contribution in [-0.4, -0.2) is 17.4 Å². The molecule has 0 unspecified atom stereocenters. The van der Waals surface area contributed by atoms with Gasteiger partial charge in [0, 0.05) is 28.4 Å². The maximum atomic E-state index is 12.6. The van der Waals surface area contributed by atoms with Gasteiger partial charge in [-0.3, -0.25) is 10.1 Å². The predicted octanol–water partition coefficient (Wildman–Crippen LogP) is 5.02. The molecule has 0 bridgehead atoms. The zero-order chi connectivity index (χ0) is 18.8.